The van der Waals surface area contributed by atoms with Crippen LogP contribution in [0.5, 0.6) is 0 Å². The van der Waals surface area contributed by atoms with Crippen LogP contribution in [-0.2, 0) is 9.53 Å². The van der Waals surface area contributed by atoms with Gasteiger partial charge >= 0.3 is 12.1 Å². The number of ether oxygens (including phenoxy) is 1. The molecule has 0 aromatic heterocycles. The fourth-order valence-corrected chi connectivity index (χ4v) is 0.266. The predicted molar refractivity (Wildman–Crippen MR) is 44.8 cm³/mol. The number of rotatable bonds is 3. The van der Waals surface area contributed by atoms with Crippen LogP contribution in [0.2, 0.25) is 0 Å². The molecule has 4 N–H and O–H groups in total. The van der Waals surface area contributed by atoms with Gasteiger partial charge in [-0.1, -0.05) is 13.5 Å². The molecule has 0 aromatic carbocycles. The number of primary amides is 1. The normalized spacial score (nSPS) is 10.3. The minimum absolute atomic E-state index is 0.402. The standard InChI is InChI=1S/C6H10O3.CH3NO2/c1-3-5(7)9-6(8)4-2;2-1(3)4/h3,6,8H,1,4H2,2H3;2H2,(H,3,4). The molecule has 0 saturated heterocycles. The Balaban J connectivity index is 0. The van der Waals surface area contributed by atoms with Gasteiger partial charge in [-0.3, -0.25) is 0 Å². The molecule has 0 heterocycles. The fraction of sp³-hybridized carbons (Fsp3) is 0.429. The highest BCUT2D eigenvalue weighted by atomic mass is 16.6. The number of carbonyl (C=O) groups excluding carboxylic acids is 1. The van der Waals surface area contributed by atoms with Gasteiger partial charge < -0.3 is 20.7 Å². The lowest BCUT2D eigenvalue weighted by Gasteiger charge is -2.05. The largest absolute Gasteiger partial charge is 0.465 e. The molecular weight excluding hydrogens is 178 g/mol. The van der Waals surface area contributed by atoms with Crippen molar-refractivity contribution in [1.29, 1.82) is 0 Å². The van der Waals surface area contributed by atoms with Crippen molar-refractivity contribution in [3.05, 3.63) is 12.7 Å². The second-order valence-electron chi connectivity index (χ2n) is 1.84. The van der Waals surface area contributed by atoms with Crippen LogP contribution in [0.25, 0.3) is 0 Å². The molecule has 0 aromatic rings. The summed E-state index contributed by atoms with van der Waals surface area (Å²) in [6.07, 6.45) is -0.908. The minimum Gasteiger partial charge on any atom is -0.465 e. The Morgan fingerprint density at radius 1 is 1.69 bits per heavy atom. The topological polar surface area (TPSA) is 110 Å². The van der Waals surface area contributed by atoms with E-state index in [1.807, 2.05) is 0 Å². The van der Waals surface area contributed by atoms with Crippen molar-refractivity contribution in [3.8, 4) is 0 Å². The van der Waals surface area contributed by atoms with Gasteiger partial charge in [0.1, 0.15) is 0 Å². The number of carbonyl (C=O) groups is 2. The van der Waals surface area contributed by atoms with Crippen molar-refractivity contribution in [2.24, 2.45) is 5.73 Å². The van der Waals surface area contributed by atoms with E-state index >= 15 is 0 Å². The number of aliphatic hydroxyl groups is 1. The van der Waals surface area contributed by atoms with Gasteiger partial charge in [0.15, 0.2) is 0 Å². The zero-order valence-electron chi connectivity index (χ0n) is 7.27. The maximum Gasteiger partial charge on any atom is 0.402 e. The van der Waals surface area contributed by atoms with Crippen molar-refractivity contribution in [2.75, 3.05) is 0 Å². The van der Waals surface area contributed by atoms with Crippen LogP contribution in [0, 0.1) is 0 Å². The molecule has 0 radical (unpaired) electrons. The monoisotopic (exact) mass is 191 g/mol. The number of nitrogens with two attached hydrogens (primary N) is 1. The van der Waals surface area contributed by atoms with Crippen LogP contribution in [0.4, 0.5) is 4.79 Å². The van der Waals surface area contributed by atoms with Crippen molar-refractivity contribution in [3.63, 3.8) is 0 Å². The summed E-state index contributed by atoms with van der Waals surface area (Å²) in [5.74, 6) is -0.593. The van der Waals surface area contributed by atoms with Gasteiger partial charge in [0.25, 0.3) is 0 Å². The third-order valence-corrected chi connectivity index (χ3v) is 0.768. The van der Waals surface area contributed by atoms with E-state index in [-0.39, 0.29) is 0 Å². The zero-order valence-corrected chi connectivity index (χ0v) is 7.27. The second-order valence-corrected chi connectivity index (χ2v) is 1.84. The molecule has 6 nitrogen and oxygen atoms in total. The number of hydrogen-bond donors (Lipinski definition) is 3. The smallest absolute Gasteiger partial charge is 0.402 e. The lowest BCUT2D eigenvalue weighted by atomic mass is 10.5. The molecule has 0 spiro atoms. The zero-order chi connectivity index (χ0) is 10.9. The Kier molecular flexibility index (Phi) is 9.19. The maximum absolute atomic E-state index is 10.3. The van der Waals surface area contributed by atoms with Crippen molar-refractivity contribution >= 4 is 12.1 Å². The van der Waals surface area contributed by atoms with Gasteiger partial charge in [0.2, 0.25) is 6.29 Å². The first-order valence-corrected chi connectivity index (χ1v) is 3.43. The molecule has 0 aliphatic carbocycles. The molecule has 0 bridgehead atoms. The number of aliphatic hydroxyl groups excluding tert-OH is 1. The number of carboxylic acid groups (broad SMARTS) is 1. The predicted octanol–water partition coefficient (Wildman–Crippen LogP) is 0.0671. The van der Waals surface area contributed by atoms with E-state index in [0.29, 0.717) is 6.42 Å². The fourth-order valence-electron chi connectivity index (χ4n) is 0.266. The van der Waals surface area contributed by atoms with Crippen molar-refractivity contribution < 1.29 is 24.5 Å². The Labute approximate surface area is 75.6 Å². The summed E-state index contributed by atoms with van der Waals surface area (Å²) >= 11 is 0. The molecule has 13 heavy (non-hydrogen) atoms. The van der Waals surface area contributed by atoms with Crippen LogP contribution < -0.4 is 5.73 Å². The summed E-state index contributed by atoms with van der Waals surface area (Å²) in [7, 11) is 0. The van der Waals surface area contributed by atoms with Gasteiger partial charge in [-0.05, 0) is 0 Å². The van der Waals surface area contributed by atoms with E-state index in [1.165, 1.54) is 0 Å². The molecule has 6 heteroatoms. The molecule has 0 saturated carbocycles. The highest BCUT2D eigenvalue weighted by Gasteiger charge is 2.02. The van der Waals surface area contributed by atoms with Crippen molar-refractivity contribution in [1.82, 2.24) is 0 Å². The summed E-state index contributed by atoms with van der Waals surface area (Å²) < 4.78 is 4.35. The van der Waals surface area contributed by atoms with Crippen molar-refractivity contribution in [2.45, 2.75) is 19.6 Å². The SMILES string of the molecule is C=CC(=O)OC(O)CC.NC(=O)O. The number of esters is 1. The van der Waals surface area contributed by atoms with Crippen LogP contribution in [0.1, 0.15) is 13.3 Å². The van der Waals surface area contributed by atoms with Gasteiger partial charge in [0, 0.05) is 12.5 Å². The van der Waals surface area contributed by atoms with Gasteiger partial charge in [0.05, 0.1) is 0 Å². The molecule has 1 unspecified atom stereocenters. The minimum atomic E-state index is -1.33. The number of amides is 1. The molecular formula is C7H13NO5. The summed E-state index contributed by atoms with van der Waals surface area (Å²) in [6, 6.07) is 0. The first kappa shape index (κ1) is 14.0. The molecule has 0 aliphatic rings. The highest BCUT2D eigenvalue weighted by molar-refractivity contribution is 5.81. The Morgan fingerprint density at radius 3 is 2.31 bits per heavy atom. The molecule has 1 atom stereocenters. The third-order valence-electron chi connectivity index (χ3n) is 0.768. The lowest BCUT2D eigenvalue weighted by molar-refractivity contribution is -0.161. The molecule has 0 rings (SSSR count). The summed E-state index contributed by atoms with van der Waals surface area (Å²) in [5, 5.41) is 15.9. The van der Waals surface area contributed by atoms with Crippen LogP contribution in [-0.4, -0.2) is 28.6 Å². The Morgan fingerprint density at radius 2 is 2.08 bits per heavy atom. The Bertz CT molecular complexity index is 176. The third kappa shape index (κ3) is 17.9. The highest BCUT2D eigenvalue weighted by Crippen LogP contribution is 1.92. The van der Waals surface area contributed by atoms with Gasteiger partial charge in [-0.15, -0.1) is 0 Å². The average molecular weight is 191 g/mol. The van der Waals surface area contributed by atoms with Crippen LogP contribution >= 0.6 is 0 Å². The first-order chi connectivity index (χ1) is 5.93. The van der Waals surface area contributed by atoms with E-state index in [9.17, 15) is 4.79 Å². The van der Waals surface area contributed by atoms with Crippen LogP contribution in [0.15, 0.2) is 12.7 Å². The maximum atomic E-state index is 10.3. The Hall–Kier alpha value is -1.56. The number of hydrogen-bond acceptors (Lipinski definition) is 4. The summed E-state index contributed by atoms with van der Waals surface area (Å²) in [5.41, 5.74) is 4.03. The lowest BCUT2D eigenvalue weighted by Crippen LogP contribution is -2.14. The van der Waals surface area contributed by atoms with Crippen LogP contribution in [0.3, 0.4) is 0 Å². The van der Waals surface area contributed by atoms with Gasteiger partial charge in [-0.2, -0.15) is 0 Å². The second kappa shape index (κ2) is 8.54. The van der Waals surface area contributed by atoms with E-state index in [1.54, 1.807) is 6.92 Å². The molecule has 76 valence electrons. The molecule has 0 aliphatic heterocycles. The quantitative estimate of drug-likeness (QED) is 0.332. The van der Waals surface area contributed by atoms with E-state index in [2.05, 4.69) is 17.0 Å². The molecule has 0 fully saturated rings. The summed E-state index contributed by atoms with van der Waals surface area (Å²) in [6.45, 7) is 4.87. The average Bonchev–Trinajstić information content (AvgIpc) is 2.03. The van der Waals surface area contributed by atoms with E-state index in [0.717, 1.165) is 6.08 Å². The molecule has 1 amide bonds. The summed E-state index contributed by atoms with van der Waals surface area (Å²) in [4.78, 5) is 19.1. The van der Waals surface area contributed by atoms with E-state index < -0.39 is 18.4 Å². The van der Waals surface area contributed by atoms with E-state index in [4.69, 9.17) is 15.0 Å². The first-order valence-electron chi connectivity index (χ1n) is 3.43. The van der Waals surface area contributed by atoms with Gasteiger partial charge in [-0.25, -0.2) is 9.59 Å².